The quantitative estimate of drug-likeness (QED) is 0.460. The van der Waals surface area contributed by atoms with Crippen LogP contribution in [0.5, 0.6) is 5.88 Å². The van der Waals surface area contributed by atoms with E-state index in [0.717, 1.165) is 16.4 Å². The molecule has 0 saturated carbocycles. The topological polar surface area (TPSA) is 117 Å². The van der Waals surface area contributed by atoms with Crippen LogP contribution in [0.1, 0.15) is 5.56 Å². The molecular formula is C16H14Cl2N6O4. The molecule has 0 saturated heterocycles. The summed E-state index contributed by atoms with van der Waals surface area (Å²) in [4.78, 5) is 22.5. The highest BCUT2D eigenvalue weighted by Gasteiger charge is 2.21. The number of ether oxygens (including phenoxy) is 1. The van der Waals surface area contributed by atoms with Crippen molar-refractivity contribution in [3.8, 4) is 5.88 Å². The van der Waals surface area contributed by atoms with E-state index in [1.807, 2.05) is 12.1 Å². The van der Waals surface area contributed by atoms with Crippen LogP contribution in [0.4, 0.5) is 11.5 Å². The van der Waals surface area contributed by atoms with Crippen LogP contribution in [0.15, 0.2) is 36.7 Å². The molecule has 0 aliphatic rings. The Morgan fingerprint density at radius 3 is 2.54 bits per heavy atom. The molecule has 1 aromatic carbocycles. The number of hydrogen-bond acceptors (Lipinski definition) is 6. The van der Waals surface area contributed by atoms with E-state index in [9.17, 15) is 14.9 Å². The van der Waals surface area contributed by atoms with Crippen molar-refractivity contribution in [2.75, 3.05) is 12.4 Å². The van der Waals surface area contributed by atoms with Gasteiger partial charge in [-0.15, -0.1) is 5.10 Å². The monoisotopic (exact) mass is 424 g/mol. The van der Waals surface area contributed by atoms with Crippen LogP contribution < -0.4 is 10.1 Å². The third-order valence-corrected chi connectivity index (χ3v) is 4.17. The second-order valence-electron chi connectivity index (χ2n) is 5.68. The number of methoxy groups -OCH3 is 1. The Labute approximate surface area is 168 Å². The van der Waals surface area contributed by atoms with Crippen LogP contribution in [0.3, 0.4) is 0 Å². The van der Waals surface area contributed by atoms with E-state index in [-0.39, 0.29) is 29.0 Å². The molecule has 2 heterocycles. The SMILES string of the molecule is COc1nn(CC(=O)Nc2nn(Cc3ccc(Cl)cc3)cc2Cl)cc1[N+](=O)[O-]. The number of aromatic nitrogens is 4. The lowest BCUT2D eigenvalue weighted by Gasteiger charge is -2.03. The third-order valence-electron chi connectivity index (χ3n) is 3.64. The fourth-order valence-corrected chi connectivity index (χ4v) is 2.73. The molecule has 0 radical (unpaired) electrons. The predicted octanol–water partition coefficient (Wildman–Crippen LogP) is 2.99. The van der Waals surface area contributed by atoms with E-state index < -0.39 is 10.8 Å². The standard InChI is InChI=1S/C16H14Cl2N6O4/c1-28-16-13(24(26)27)8-23(21-16)9-14(25)19-15-12(18)7-22(20-15)6-10-2-4-11(17)5-3-10/h2-5,7-8H,6,9H2,1H3,(H,19,20,25). The second kappa shape index (κ2) is 8.28. The number of amides is 1. The van der Waals surface area contributed by atoms with Gasteiger partial charge >= 0.3 is 11.6 Å². The number of nitro groups is 1. The van der Waals surface area contributed by atoms with Gasteiger partial charge in [0, 0.05) is 11.2 Å². The minimum Gasteiger partial charge on any atom is -0.475 e. The Morgan fingerprint density at radius 1 is 1.21 bits per heavy atom. The van der Waals surface area contributed by atoms with Crippen LogP contribution in [-0.4, -0.2) is 37.5 Å². The molecular weight excluding hydrogens is 411 g/mol. The van der Waals surface area contributed by atoms with E-state index in [4.69, 9.17) is 27.9 Å². The van der Waals surface area contributed by atoms with Crippen LogP contribution in [0.25, 0.3) is 0 Å². The first kappa shape index (κ1) is 19.6. The molecule has 0 aliphatic carbocycles. The molecule has 10 nitrogen and oxygen atoms in total. The molecule has 0 bridgehead atoms. The van der Waals surface area contributed by atoms with E-state index in [1.54, 1.807) is 23.0 Å². The predicted molar refractivity (Wildman–Crippen MR) is 102 cm³/mol. The fourth-order valence-electron chi connectivity index (χ4n) is 2.40. The molecule has 0 aliphatic heterocycles. The van der Waals surface area contributed by atoms with Gasteiger partial charge in [0.25, 0.3) is 0 Å². The zero-order valence-corrected chi connectivity index (χ0v) is 16.0. The molecule has 0 unspecified atom stereocenters. The van der Waals surface area contributed by atoms with Gasteiger partial charge in [-0.3, -0.25) is 24.3 Å². The Morgan fingerprint density at radius 2 is 1.93 bits per heavy atom. The summed E-state index contributed by atoms with van der Waals surface area (Å²) < 4.78 is 7.50. The van der Waals surface area contributed by atoms with Crippen LogP contribution in [-0.2, 0) is 17.9 Å². The van der Waals surface area contributed by atoms with Crippen LogP contribution in [0, 0.1) is 10.1 Å². The van der Waals surface area contributed by atoms with Gasteiger partial charge in [-0.25, -0.2) is 0 Å². The largest absolute Gasteiger partial charge is 0.475 e. The third kappa shape index (κ3) is 4.59. The van der Waals surface area contributed by atoms with Crippen molar-refractivity contribution in [3.05, 3.63) is 62.4 Å². The van der Waals surface area contributed by atoms with E-state index in [0.29, 0.717) is 11.6 Å². The highest BCUT2D eigenvalue weighted by molar-refractivity contribution is 6.33. The number of carbonyl (C=O) groups excluding carboxylic acids is 1. The molecule has 0 atom stereocenters. The molecule has 1 amide bonds. The Bertz CT molecular complexity index is 1010. The average molecular weight is 425 g/mol. The normalized spacial score (nSPS) is 10.7. The number of nitrogens with one attached hydrogen (secondary N) is 1. The van der Waals surface area contributed by atoms with E-state index in [2.05, 4.69) is 15.5 Å². The molecule has 12 heteroatoms. The summed E-state index contributed by atoms with van der Waals surface area (Å²) in [6.07, 6.45) is 2.69. The molecule has 0 fully saturated rings. The molecule has 0 spiro atoms. The van der Waals surface area contributed by atoms with Gasteiger partial charge in [0.2, 0.25) is 5.91 Å². The summed E-state index contributed by atoms with van der Waals surface area (Å²) in [5.74, 6) is -0.504. The van der Waals surface area contributed by atoms with E-state index >= 15 is 0 Å². The number of anilines is 1. The maximum absolute atomic E-state index is 12.2. The number of halogens is 2. The minimum atomic E-state index is -0.643. The Balaban J connectivity index is 1.66. The van der Waals surface area contributed by atoms with Crippen LogP contribution >= 0.6 is 23.2 Å². The maximum atomic E-state index is 12.2. The van der Waals surface area contributed by atoms with Crippen LogP contribution in [0.2, 0.25) is 10.0 Å². The molecule has 3 aromatic rings. The summed E-state index contributed by atoms with van der Waals surface area (Å²) in [5, 5.41) is 22.4. The zero-order chi connectivity index (χ0) is 20.3. The number of hydrogen-bond donors (Lipinski definition) is 1. The highest BCUT2D eigenvalue weighted by atomic mass is 35.5. The van der Waals surface area contributed by atoms with Crippen molar-refractivity contribution in [2.24, 2.45) is 0 Å². The Kier molecular flexibility index (Phi) is 5.81. The summed E-state index contributed by atoms with van der Waals surface area (Å²) in [7, 11) is 1.26. The Hall–Kier alpha value is -3.11. The molecule has 3 rings (SSSR count). The van der Waals surface area contributed by atoms with Crippen molar-refractivity contribution >= 4 is 40.6 Å². The smallest absolute Gasteiger partial charge is 0.350 e. The molecule has 2 aromatic heterocycles. The summed E-state index contributed by atoms with van der Waals surface area (Å²) in [6.45, 7) is 0.167. The van der Waals surface area contributed by atoms with Crippen molar-refractivity contribution in [1.82, 2.24) is 19.6 Å². The number of carbonyl (C=O) groups is 1. The lowest BCUT2D eigenvalue weighted by molar-refractivity contribution is -0.385. The van der Waals surface area contributed by atoms with Gasteiger partial charge in [-0.05, 0) is 17.7 Å². The van der Waals surface area contributed by atoms with Gasteiger partial charge in [0.05, 0.1) is 18.6 Å². The van der Waals surface area contributed by atoms with Crippen molar-refractivity contribution in [1.29, 1.82) is 0 Å². The van der Waals surface area contributed by atoms with E-state index in [1.165, 1.54) is 7.11 Å². The highest BCUT2D eigenvalue weighted by Crippen LogP contribution is 2.24. The first-order valence-electron chi connectivity index (χ1n) is 7.89. The zero-order valence-electron chi connectivity index (χ0n) is 14.5. The lowest BCUT2D eigenvalue weighted by atomic mass is 10.2. The molecule has 146 valence electrons. The van der Waals surface area contributed by atoms with Gasteiger partial charge in [-0.2, -0.15) is 5.10 Å². The second-order valence-corrected chi connectivity index (χ2v) is 6.52. The van der Waals surface area contributed by atoms with Crippen molar-refractivity contribution < 1.29 is 14.5 Å². The number of benzene rings is 1. The van der Waals surface area contributed by atoms with Gasteiger partial charge in [-0.1, -0.05) is 35.3 Å². The summed E-state index contributed by atoms with van der Waals surface area (Å²) in [6, 6.07) is 7.24. The minimum absolute atomic E-state index is 0.175. The molecule has 1 N–H and O–H groups in total. The first-order valence-corrected chi connectivity index (χ1v) is 8.64. The summed E-state index contributed by atoms with van der Waals surface area (Å²) >= 11 is 12.0. The van der Waals surface area contributed by atoms with Gasteiger partial charge in [0.1, 0.15) is 17.8 Å². The fraction of sp³-hybridized carbons (Fsp3) is 0.188. The summed E-state index contributed by atoms with van der Waals surface area (Å²) in [5.41, 5.74) is 0.623. The average Bonchev–Trinajstić information content (AvgIpc) is 3.20. The maximum Gasteiger partial charge on any atom is 0.350 e. The van der Waals surface area contributed by atoms with Crippen molar-refractivity contribution in [2.45, 2.75) is 13.1 Å². The lowest BCUT2D eigenvalue weighted by Crippen LogP contribution is -2.19. The molecule has 28 heavy (non-hydrogen) atoms. The number of rotatable bonds is 7. The number of nitrogens with zero attached hydrogens (tertiary/aromatic N) is 5. The van der Waals surface area contributed by atoms with Gasteiger partial charge < -0.3 is 10.1 Å². The van der Waals surface area contributed by atoms with Crippen molar-refractivity contribution in [3.63, 3.8) is 0 Å². The van der Waals surface area contributed by atoms with Gasteiger partial charge in [0.15, 0.2) is 5.82 Å². The first-order chi connectivity index (χ1) is 13.4.